The van der Waals surface area contributed by atoms with Gasteiger partial charge in [-0.2, -0.15) is 0 Å². The van der Waals surface area contributed by atoms with Gasteiger partial charge in [-0.15, -0.1) is 0 Å². The van der Waals surface area contributed by atoms with Crippen LogP contribution in [0.25, 0.3) is 10.8 Å². The van der Waals surface area contributed by atoms with Gasteiger partial charge in [-0.25, -0.2) is 0 Å². The van der Waals surface area contributed by atoms with Gasteiger partial charge in [0.2, 0.25) is 0 Å². The lowest BCUT2D eigenvalue weighted by molar-refractivity contribution is 0.408. The van der Waals surface area contributed by atoms with Gasteiger partial charge in [-0.05, 0) is 34.7 Å². The van der Waals surface area contributed by atoms with Crippen LogP contribution in [0.3, 0.4) is 0 Å². The van der Waals surface area contributed by atoms with Gasteiger partial charge in [0.05, 0.1) is 7.11 Å². The highest BCUT2D eigenvalue weighted by Crippen LogP contribution is 2.36. The highest BCUT2D eigenvalue weighted by Gasteiger charge is 2.14. The third kappa shape index (κ3) is 2.02. The van der Waals surface area contributed by atoms with E-state index in [0.717, 1.165) is 12.2 Å². The molecular weight excluding hydrogens is 208 g/mol. The average Bonchev–Trinajstić information content (AvgIpc) is 2.36. The van der Waals surface area contributed by atoms with Crippen LogP contribution in [-0.4, -0.2) is 7.11 Å². The van der Waals surface area contributed by atoms with Crippen LogP contribution in [-0.2, 0) is 6.42 Å². The van der Waals surface area contributed by atoms with Crippen LogP contribution < -0.4 is 4.74 Å². The zero-order valence-corrected chi connectivity index (χ0v) is 11.1. The molecule has 0 heterocycles. The molecule has 2 rings (SSSR count). The molecule has 0 saturated heterocycles. The molecule has 0 spiro atoms. The summed E-state index contributed by atoms with van der Waals surface area (Å²) in [5.74, 6) is 1.50. The molecule has 2 aromatic carbocycles. The van der Waals surface area contributed by atoms with E-state index < -0.39 is 0 Å². The summed E-state index contributed by atoms with van der Waals surface area (Å²) in [5, 5.41) is 2.69. The van der Waals surface area contributed by atoms with E-state index in [1.54, 1.807) is 7.11 Å². The van der Waals surface area contributed by atoms with Gasteiger partial charge >= 0.3 is 0 Å². The van der Waals surface area contributed by atoms with Crippen molar-refractivity contribution >= 4 is 10.8 Å². The maximum Gasteiger partial charge on any atom is 0.123 e. The first-order chi connectivity index (χ1) is 8.19. The number of aryl methyl sites for hydroxylation is 1. The molecule has 2 aromatic rings. The molecule has 0 aliphatic heterocycles. The molecule has 1 nitrogen and oxygen atoms in total. The molecule has 0 fully saturated rings. The van der Waals surface area contributed by atoms with Crippen LogP contribution >= 0.6 is 0 Å². The van der Waals surface area contributed by atoms with Gasteiger partial charge < -0.3 is 4.74 Å². The molecule has 0 radical (unpaired) electrons. The minimum atomic E-state index is 0.473. The molecule has 0 atom stereocenters. The standard InChI is InChI=1S/C16H20O/c1-5-12-10-15(17-4)16(11(2)3)14-9-7-6-8-13(12)14/h6-11H,5H2,1-4H3. The molecule has 1 heteroatoms. The van der Waals surface area contributed by atoms with Crippen molar-refractivity contribution in [1.82, 2.24) is 0 Å². The van der Waals surface area contributed by atoms with Gasteiger partial charge in [0, 0.05) is 5.56 Å². The fourth-order valence-corrected chi connectivity index (χ4v) is 2.50. The van der Waals surface area contributed by atoms with Crippen molar-refractivity contribution in [2.45, 2.75) is 33.1 Å². The molecular formula is C16H20O. The summed E-state index contributed by atoms with van der Waals surface area (Å²) in [6.07, 6.45) is 1.04. The summed E-state index contributed by atoms with van der Waals surface area (Å²) in [6.45, 7) is 6.63. The lowest BCUT2D eigenvalue weighted by Gasteiger charge is -2.17. The lowest BCUT2D eigenvalue weighted by atomic mass is 9.91. The number of ether oxygens (including phenoxy) is 1. The summed E-state index contributed by atoms with van der Waals surface area (Å²) in [5.41, 5.74) is 2.68. The predicted octanol–water partition coefficient (Wildman–Crippen LogP) is 4.53. The Morgan fingerprint density at radius 3 is 2.29 bits per heavy atom. The van der Waals surface area contributed by atoms with E-state index in [1.807, 2.05) is 0 Å². The first kappa shape index (κ1) is 12.0. The van der Waals surface area contributed by atoms with Gasteiger partial charge in [0.1, 0.15) is 5.75 Å². The lowest BCUT2D eigenvalue weighted by Crippen LogP contribution is -1.98. The highest BCUT2D eigenvalue weighted by molar-refractivity contribution is 5.91. The van der Waals surface area contributed by atoms with Gasteiger partial charge in [-0.1, -0.05) is 45.0 Å². The second kappa shape index (κ2) is 4.79. The van der Waals surface area contributed by atoms with E-state index in [0.29, 0.717) is 5.92 Å². The Labute approximate surface area is 103 Å². The average molecular weight is 228 g/mol. The summed E-state index contributed by atoms with van der Waals surface area (Å²) in [4.78, 5) is 0. The zero-order valence-electron chi connectivity index (χ0n) is 11.1. The van der Waals surface area contributed by atoms with E-state index >= 15 is 0 Å². The van der Waals surface area contributed by atoms with Crippen molar-refractivity contribution in [1.29, 1.82) is 0 Å². The normalized spacial score (nSPS) is 11.1. The minimum Gasteiger partial charge on any atom is -0.496 e. The Morgan fingerprint density at radius 1 is 1.12 bits per heavy atom. The van der Waals surface area contributed by atoms with Gasteiger partial charge in [0.15, 0.2) is 0 Å². The Hall–Kier alpha value is -1.50. The Balaban J connectivity index is 2.85. The van der Waals surface area contributed by atoms with Crippen molar-refractivity contribution < 1.29 is 4.74 Å². The number of hydrogen-bond acceptors (Lipinski definition) is 1. The summed E-state index contributed by atoms with van der Waals surface area (Å²) in [7, 11) is 1.76. The number of rotatable bonds is 3. The number of fused-ring (bicyclic) bond motifs is 1. The van der Waals surface area contributed by atoms with Crippen molar-refractivity contribution in [2.24, 2.45) is 0 Å². The largest absolute Gasteiger partial charge is 0.496 e. The Bertz CT molecular complexity index is 526. The smallest absolute Gasteiger partial charge is 0.123 e. The van der Waals surface area contributed by atoms with Crippen LogP contribution in [0.2, 0.25) is 0 Å². The highest BCUT2D eigenvalue weighted by atomic mass is 16.5. The van der Waals surface area contributed by atoms with E-state index in [2.05, 4.69) is 51.1 Å². The van der Waals surface area contributed by atoms with Crippen LogP contribution in [0.4, 0.5) is 0 Å². The fourth-order valence-electron chi connectivity index (χ4n) is 2.50. The quantitative estimate of drug-likeness (QED) is 0.749. The molecule has 0 N–H and O–H groups in total. The Morgan fingerprint density at radius 2 is 1.76 bits per heavy atom. The molecule has 0 aliphatic carbocycles. The van der Waals surface area contributed by atoms with Gasteiger partial charge in [-0.3, -0.25) is 0 Å². The SMILES string of the molecule is CCc1cc(OC)c(C(C)C)c2ccccc12. The third-order valence-corrected chi connectivity index (χ3v) is 3.31. The minimum absolute atomic E-state index is 0.473. The first-order valence-corrected chi connectivity index (χ1v) is 6.27. The van der Waals surface area contributed by atoms with E-state index in [9.17, 15) is 0 Å². The molecule has 17 heavy (non-hydrogen) atoms. The van der Waals surface area contributed by atoms with Crippen LogP contribution in [0.15, 0.2) is 30.3 Å². The number of hydrogen-bond donors (Lipinski definition) is 0. The zero-order chi connectivity index (χ0) is 12.4. The maximum absolute atomic E-state index is 5.56. The number of methoxy groups -OCH3 is 1. The van der Waals surface area contributed by atoms with Crippen molar-refractivity contribution in [2.75, 3.05) is 7.11 Å². The fraction of sp³-hybridized carbons (Fsp3) is 0.375. The summed E-state index contributed by atoms with van der Waals surface area (Å²) < 4.78 is 5.56. The second-order valence-electron chi connectivity index (χ2n) is 4.71. The van der Waals surface area contributed by atoms with Crippen molar-refractivity contribution in [3.05, 3.63) is 41.5 Å². The second-order valence-corrected chi connectivity index (χ2v) is 4.71. The monoisotopic (exact) mass is 228 g/mol. The Kier molecular flexibility index (Phi) is 3.37. The van der Waals surface area contributed by atoms with Crippen molar-refractivity contribution in [3.8, 4) is 5.75 Å². The molecule has 0 aromatic heterocycles. The van der Waals surface area contributed by atoms with E-state index in [1.165, 1.54) is 21.9 Å². The molecule has 0 bridgehead atoms. The number of benzene rings is 2. The molecule has 0 amide bonds. The van der Waals surface area contributed by atoms with Crippen molar-refractivity contribution in [3.63, 3.8) is 0 Å². The molecule has 90 valence electrons. The predicted molar refractivity (Wildman–Crippen MR) is 74.0 cm³/mol. The first-order valence-electron chi connectivity index (χ1n) is 6.27. The molecule has 0 unspecified atom stereocenters. The maximum atomic E-state index is 5.56. The summed E-state index contributed by atoms with van der Waals surface area (Å²) in [6, 6.07) is 10.8. The molecule has 0 saturated carbocycles. The van der Waals surface area contributed by atoms with E-state index in [4.69, 9.17) is 4.74 Å². The third-order valence-electron chi connectivity index (χ3n) is 3.31. The van der Waals surface area contributed by atoms with E-state index in [-0.39, 0.29) is 0 Å². The van der Waals surface area contributed by atoms with Gasteiger partial charge in [0.25, 0.3) is 0 Å². The van der Waals surface area contributed by atoms with Crippen LogP contribution in [0, 0.1) is 0 Å². The summed E-state index contributed by atoms with van der Waals surface area (Å²) >= 11 is 0. The topological polar surface area (TPSA) is 9.23 Å². The van der Waals surface area contributed by atoms with Crippen LogP contribution in [0.5, 0.6) is 5.75 Å². The van der Waals surface area contributed by atoms with Crippen LogP contribution in [0.1, 0.15) is 37.8 Å². The molecule has 0 aliphatic rings.